The van der Waals surface area contributed by atoms with Crippen molar-refractivity contribution < 1.29 is 0 Å². The maximum Gasteiger partial charge on any atom is 0.286 e. The molecule has 2 aromatic rings. The topological polar surface area (TPSA) is 58.6 Å². The zero-order valence-corrected chi connectivity index (χ0v) is 7.47. The van der Waals surface area contributed by atoms with Crippen molar-refractivity contribution >= 4 is 0 Å². The second-order valence-corrected chi connectivity index (χ2v) is 2.92. The Morgan fingerprint density at radius 1 is 1.21 bits per heavy atom. The van der Waals surface area contributed by atoms with Crippen molar-refractivity contribution in [2.45, 2.75) is 6.42 Å². The maximum absolute atomic E-state index is 11.2. The molecular weight excluding hydrogens is 178 g/mol. The summed E-state index contributed by atoms with van der Waals surface area (Å²) in [4.78, 5) is 15.2. The summed E-state index contributed by atoms with van der Waals surface area (Å²) in [5, 5.41) is 5.89. The first kappa shape index (κ1) is 8.62. The fraction of sp³-hybridized carbons (Fsp3) is 0.100. The first-order chi connectivity index (χ1) is 6.86. The smallest absolute Gasteiger partial charge is 0.266 e. The predicted molar refractivity (Wildman–Crippen MR) is 51.9 cm³/mol. The molecule has 1 aromatic heterocycles. The van der Waals surface area contributed by atoms with E-state index in [-0.39, 0.29) is 5.56 Å². The van der Waals surface area contributed by atoms with Gasteiger partial charge in [0.1, 0.15) is 12.0 Å². The van der Waals surface area contributed by atoms with Crippen LogP contribution in [0.2, 0.25) is 0 Å². The largest absolute Gasteiger partial charge is 0.286 e. The average Bonchev–Trinajstić information content (AvgIpc) is 2.23. The molecule has 4 nitrogen and oxygen atoms in total. The van der Waals surface area contributed by atoms with Crippen LogP contribution in [-0.4, -0.2) is 15.2 Å². The Bertz CT molecular complexity index is 464. The van der Waals surface area contributed by atoms with E-state index in [0.717, 1.165) is 5.56 Å². The zero-order valence-electron chi connectivity index (χ0n) is 7.47. The SMILES string of the molecule is O=c1[nH]ncnc1Cc1ccccc1. The molecule has 0 saturated heterocycles. The molecule has 0 unspecified atom stereocenters. The molecule has 1 N–H and O–H groups in total. The molecular formula is C10H9N3O. The first-order valence-corrected chi connectivity index (χ1v) is 4.29. The van der Waals surface area contributed by atoms with Crippen LogP contribution in [-0.2, 0) is 6.42 Å². The number of aromatic amines is 1. The zero-order chi connectivity index (χ0) is 9.80. The second-order valence-electron chi connectivity index (χ2n) is 2.92. The van der Waals surface area contributed by atoms with Crippen LogP contribution in [0.3, 0.4) is 0 Å². The number of nitrogens with one attached hydrogen (secondary N) is 1. The molecule has 0 bridgehead atoms. The van der Waals surface area contributed by atoms with Crippen LogP contribution >= 0.6 is 0 Å². The minimum atomic E-state index is -0.226. The number of hydrogen-bond acceptors (Lipinski definition) is 3. The Hall–Kier alpha value is -1.97. The molecule has 14 heavy (non-hydrogen) atoms. The van der Waals surface area contributed by atoms with E-state index in [0.29, 0.717) is 12.1 Å². The van der Waals surface area contributed by atoms with E-state index >= 15 is 0 Å². The molecule has 4 heteroatoms. The summed E-state index contributed by atoms with van der Waals surface area (Å²) in [5.41, 5.74) is 1.33. The quantitative estimate of drug-likeness (QED) is 0.754. The van der Waals surface area contributed by atoms with Crippen molar-refractivity contribution in [2.75, 3.05) is 0 Å². The lowest BCUT2D eigenvalue weighted by Crippen LogP contribution is -2.16. The van der Waals surface area contributed by atoms with Gasteiger partial charge in [-0.15, -0.1) is 0 Å². The van der Waals surface area contributed by atoms with E-state index in [2.05, 4.69) is 15.2 Å². The highest BCUT2D eigenvalue weighted by Gasteiger charge is 2.01. The van der Waals surface area contributed by atoms with Gasteiger partial charge in [0, 0.05) is 6.42 Å². The lowest BCUT2D eigenvalue weighted by Gasteiger charge is -1.97. The molecule has 0 aliphatic carbocycles. The van der Waals surface area contributed by atoms with Crippen molar-refractivity contribution in [3.05, 3.63) is 58.3 Å². The van der Waals surface area contributed by atoms with Gasteiger partial charge in [-0.25, -0.2) is 10.1 Å². The molecule has 0 atom stereocenters. The Morgan fingerprint density at radius 3 is 2.71 bits per heavy atom. The summed E-state index contributed by atoms with van der Waals surface area (Å²) in [6.07, 6.45) is 1.89. The Kier molecular flexibility index (Phi) is 2.36. The van der Waals surface area contributed by atoms with Gasteiger partial charge in [-0.2, -0.15) is 5.10 Å². The maximum atomic E-state index is 11.2. The predicted octanol–water partition coefficient (Wildman–Crippen LogP) is 0.756. The molecule has 0 amide bonds. The number of aromatic nitrogens is 3. The highest BCUT2D eigenvalue weighted by atomic mass is 16.1. The van der Waals surface area contributed by atoms with Gasteiger partial charge in [0.15, 0.2) is 0 Å². The van der Waals surface area contributed by atoms with Gasteiger partial charge in [0.25, 0.3) is 5.56 Å². The van der Waals surface area contributed by atoms with Crippen molar-refractivity contribution in [1.82, 2.24) is 15.2 Å². The molecule has 70 valence electrons. The molecule has 1 heterocycles. The minimum absolute atomic E-state index is 0.226. The van der Waals surface area contributed by atoms with Gasteiger partial charge in [0.05, 0.1) is 0 Å². The number of H-pyrrole nitrogens is 1. The Labute approximate surface area is 80.6 Å². The molecule has 0 spiro atoms. The van der Waals surface area contributed by atoms with Crippen LogP contribution in [0.1, 0.15) is 11.3 Å². The second kappa shape index (κ2) is 3.83. The summed E-state index contributed by atoms with van der Waals surface area (Å²) in [6, 6.07) is 9.73. The third-order valence-electron chi connectivity index (χ3n) is 1.91. The fourth-order valence-corrected chi connectivity index (χ4v) is 1.22. The number of rotatable bonds is 2. The molecule has 0 fully saturated rings. The summed E-state index contributed by atoms with van der Waals surface area (Å²) < 4.78 is 0. The number of nitrogens with zero attached hydrogens (tertiary/aromatic N) is 2. The van der Waals surface area contributed by atoms with Crippen LogP contribution in [0.15, 0.2) is 41.5 Å². The molecule has 1 aromatic carbocycles. The molecule has 0 aliphatic heterocycles. The molecule has 0 radical (unpaired) electrons. The Balaban J connectivity index is 2.28. The van der Waals surface area contributed by atoms with Gasteiger partial charge in [-0.05, 0) is 5.56 Å². The summed E-state index contributed by atoms with van der Waals surface area (Å²) >= 11 is 0. The molecule has 0 saturated carbocycles. The lowest BCUT2D eigenvalue weighted by molar-refractivity contribution is 0.873. The summed E-state index contributed by atoms with van der Waals surface area (Å²) in [6.45, 7) is 0. The number of benzene rings is 1. The van der Waals surface area contributed by atoms with Crippen molar-refractivity contribution in [1.29, 1.82) is 0 Å². The van der Waals surface area contributed by atoms with E-state index in [9.17, 15) is 4.79 Å². The normalized spacial score (nSPS) is 10.0. The van der Waals surface area contributed by atoms with Gasteiger partial charge in [-0.1, -0.05) is 30.3 Å². The van der Waals surface area contributed by atoms with Crippen molar-refractivity contribution in [3.63, 3.8) is 0 Å². The van der Waals surface area contributed by atoms with Crippen LogP contribution in [0, 0.1) is 0 Å². The Morgan fingerprint density at radius 2 is 2.00 bits per heavy atom. The van der Waals surface area contributed by atoms with E-state index in [1.165, 1.54) is 6.33 Å². The highest BCUT2D eigenvalue weighted by molar-refractivity contribution is 5.19. The van der Waals surface area contributed by atoms with Gasteiger partial charge in [0.2, 0.25) is 0 Å². The average molecular weight is 187 g/mol. The fourth-order valence-electron chi connectivity index (χ4n) is 1.22. The summed E-state index contributed by atoms with van der Waals surface area (Å²) in [5.74, 6) is 0. The number of hydrogen-bond donors (Lipinski definition) is 1. The van der Waals surface area contributed by atoms with Gasteiger partial charge >= 0.3 is 0 Å². The van der Waals surface area contributed by atoms with Crippen LogP contribution in [0.5, 0.6) is 0 Å². The van der Waals surface area contributed by atoms with E-state index in [1.54, 1.807) is 0 Å². The third-order valence-corrected chi connectivity index (χ3v) is 1.91. The van der Waals surface area contributed by atoms with Crippen LogP contribution in [0.25, 0.3) is 0 Å². The monoisotopic (exact) mass is 187 g/mol. The van der Waals surface area contributed by atoms with Crippen molar-refractivity contribution in [3.8, 4) is 0 Å². The van der Waals surface area contributed by atoms with Gasteiger partial charge in [-0.3, -0.25) is 4.79 Å². The first-order valence-electron chi connectivity index (χ1n) is 4.29. The minimum Gasteiger partial charge on any atom is -0.266 e. The lowest BCUT2D eigenvalue weighted by atomic mass is 10.1. The van der Waals surface area contributed by atoms with Gasteiger partial charge < -0.3 is 0 Å². The van der Waals surface area contributed by atoms with E-state index < -0.39 is 0 Å². The van der Waals surface area contributed by atoms with Crippen LogP contribution in [0.4, 0.5) is 0 Å². The highest BCUT2D eigenvalue weighted by Crippen LogP contribution is 2.02. The van der Waals surface area contributed by atoms with Crippen LogP contribution < -0.4 is 5.56 Å². The van der Waals surface area contributed by atoms with E-state index in [1.807, 2.05) is 30.3 Å². The third kappa shape index (κ3) is 1.85. The summed E-state index contributed by atoms with van der Waals surface area (Å²) in [7, 11) is 0. The molecule has 2 rings (SSSR count). The van der Waals surface area contributed by atoms with Crippen molar-refractivity contribution in [2.24, 2.45) is 0 Å². The standard InChI is InChI=1S/C10H9N3O/c14-10-9(11-7-12-13-10)6-8-4-2-1-3-5-8/h1-5,7H,6H2,(H,13,14). The van der Waals surface area contributed by atoms with E-state index in [4.69, 9.17) is 0 Å². The molecule has 0 aliphatic rings.